The van der Waals surface area contributed by atoms with E-state index in [1.165, 1.54) is 18.4 Å². The molecule has 0 unspecified atom stereocenters. The second-order valence-electron chi connectivity index (χ2n) is 6.94. The zero-order valence-electron chi connectivity index (χ0n) is 19.3. The number of hydrogen-bond donors (Lipinski definition) is 2. The molecule has 0 fully saturated rings. The van der Waals surface area contributed by atoms with Gasteiger partial charge in [0.05, 0.1) is 0 Å². The molecule has 3 aromatic carbocycles. The topological polar surface area (TPSA) is 83.8 Å². The Balaban J connectivity index is 0.00000204. The number of nitrogens with one attached hydrogen (secondary N) is 1. The van der Waals surface area contributed by atoms with Crippen LogP contribution in [0.25, 0.3) is 0 Å². The van der Waals surface area contributed by atoms with Gasteiger partial charge in [-0.2, -0.15) is 0 Å². The van der Waals surface area contributed by atoms with Crippen LogP contribution in [-0.4, -0.2) is 28.9 Å². The number of aliphatic carboxylic acids is 1. The van der Waals surface area contributed by atoms with Gasteiger partial charge in [0.25, 0.3) is 0 Å². The van der Waals surface area contributed by atoms with Gasteiger partial charge < -0.3 is 16.7 Å². The first-order valence-corrected chi connectivity index (χ1v) is 10.8. The minimum absolute atomic E-state index is 0. The summed E-state index contributed by atoms with van der Waals surface area (Å²) in [6.45, 7) is 0. The number of nitrogens with zero attached hydrogens (tertiary/aromatic N) is 2. The Morgan fingerprint density at radius 3 is 1.79 bits per heavy atom. The summed E-state index contributed by atoms with van der Waals surface area (Å²) in [6.07, 6.45) is 0. The van der Waals surface area contributed by atoms with Crippen LogP contribution in [0.3, 0.4) is 0 Å². The predicted octanol–water partition coefficient (Wildman–Crippen LogP) is 2.10. The molecule has 6 nitrogen and oxygen atoms in total. The molecule has 1 heterocycles. The van der Waals surface area contributed by atoms with E-state index in [1.54, 1.807) is 5.38 Å². The van der Waals surface area contributed by atoms with E-state index in [1.807, 2.05) is 54.6 Å². The van der Waals surface area contributed by atoms with Crippen LogP contribution in [0.15, 0.2) is 102 Å². The summed E-state index contributed by atoms with van der Waals surface area (Å²) in [5, 5.41) is 18.9. The number of carboxylic acids is 1. The van der Waals surface area contributed by atoms with Crippen LogP contribution in [0, 0.1) is 0 Å². The fourth-order valence-corrected chi connectivity index (χ4v) is 4.42. The number of carbonyl (C=O) groups is 1. The third-order valence-electron chi connectivity index (χ3n) is 5.05. The minimum atomic E-state index is -1.20. The number of thiazole rings is 1. The van der Waals surface area contributed by atoms with Crippen molar-refractivity contribution in [3.8, 4) is 0 Å². The molecule has 0 aliphatic rings. The van der Waals surface area contributed by atoms with Crippen molar-refractivity contribution < 1.29 is 45.7 Å². The number of oxime groups is 1. The molecule has 0 saturated heterocycles. The summed E-state index contributed by atoms with van der Waals surface area (Å²) in [5.74, 6) is -1.20. The molecule has 0 aliphatic carbocycles. The molecule has 0 radical (unpaired) electrons. The summed E-state index contributed by atoms with van der Waals surface area (Å²) in [4.78, 5) is 20.8. The van der Waals surface area contributed by atoms with E-state index < -0.39 is 11.5 Å². The molecule has 4 aromatic rings. The van der Waals surface area contributed by atoms with Crippen LogP contribution in [0.2, 0.25) is 0 Å². The van der Waals surface area contributed by atoms with Crippen molar-refractivity contribution >= 4 is 28.1 Å². The van der Waals surface area contributed by atoms with Crippen molar-refractivity contribution in [3.63, 3.8) is 0 Å². The standard InChI is InChI=1S/C25H21N3O3S.Na.H/c1-31-28-22(23(29)30)21-17-32-24(26-21)27-25(18-11-5-2-6-12-18,19-13-7-3-8-14-19)20-15-9-4-10-16-20;;/h2-17H,1H3,(H,26,27)(H,29,30);;/q;+1;-1/b28-22-;;. The number of rotatable bonds is 8. The molecule has 0 bridgehead atoms. The van der Waals surface area contributed by atoms with Crippen molar-refractivity contribution in [1.82, 2.24) is 4.98 Å². The molecule has 2 N–H and O–H groups in total. The largest absolute Gasteiger partial charge is 1.00 e. The van der Waals surface area contributed by atoms with E-state index in [9.17, 15) is 9.90 Å². The summed E-state index contributed by atoms with van der Waals surface area (Å²) in [6, 6.07) is 30.3. The number of carboxylic acid groups (broad SMARTS) is 1. The number of aromatic nitrogens is 1. The molecule has 0 amide bonds. The first kappa shape index (κ1) is 24.7. The van der Waals surface area contributed by atoms with Gasteiger partial charge in [0, 0.05) is 5.38 Å². The SMILES string of the molecule is CO/N=C(\C(=O)O)c1csc(NC(c2ccccc2)(c2ccccc2)c2ccccc2)n1.[H-].[Na+]. The van der Waals surface area contributed by atoms with Crippen LogP contribution in [-0.2, 0) is 15.2 Å². The third-order valence-corrected chi connectivity index (χ3v) is 5.80. The molecule has 1 aromatic heterocycles. The Kier molecular flexibility index (Phi) is 8.41. The maximum Gasteiger partial charge on any atom is 1.00 e. The number of hydrogen-bond acceptors (Lipinski definition) is 6. The van der Waals surface area contributed by atoms with Gasteiger partial charge in [-0.15, -0.1) is 11.3 Å². The van der Waals surface area contributed by atoms with Gasteiger partial charge in [0.2, 0.25) is 5.71 Å². The van der Waals surface area contributed by atoms with E-state index in [4.69, 9.17) is 0 Å². The fraction of sp³-hybridized carbons (Fsp3) is 0.0800. The molecular formula is C25H22N3NaO3S. The van der Waals surface area contributed by atoms with Gasteiger partial charge >= 0.3 is 35.5 Å². The maximum atomic E-state index is 11.6. The molecular weight excluding hydrogens is 445 g/mol. The molecule has 162 valence electrons. The van der Waals surface area contributed by atoms with Gasteiger partial charge in [-0.05, 0) is 16.7 Å². The van der Waals surface area contributed by atoms with Crippen molar-refractivity contribution in [2.75, 3.05) is 12.4 Å². The molecule has 0 spiro atoms. The Bertz CT molecular complexity index is 1130. The first-order chi connectivity index (χ1) is 15.6. The van der Waals surface area contributed by atoms with Gasteiger partial charge in [-0.1, -0.05) is 96.2 Å². The van der Waals surface area contributed by atoms with Gasteiger partial charge in [0.1, 0.15) is 18.3 Å². The average Bonchev–Trinajstić information content (AvgIpc) is 3.30. The van der Waals surface area contributed by atoms with E-state index >= 15 is 0 Å². The second-order valence-corrected chi connectivity index (χ2v) is 7.80. The van der Waals surface area contributed by atoms with E-state index in [0.717, 1.165) is 16.7 Å². The monoisotopic (exact) mass is 467 g/mol. The quantitative estimate of drug-likeness (QED) is 0.180. The average molecular weight is 468 g/mol. The molecule has 33 heavy (non-hydrogen) atoms. The van der Waals surface area contributed by atoms with Crippen molar-refractivity contribution in [1.29, 1.82) is 0 Å². The van der Waals surface area contributed by atoms with Crippen LogP contribution >= 0.6 is 11.3 Å². The smallest absolute Gasteiger partial charge is 1.00 e. The summed E-state index contributed by atoms with van der Waals surface area (Å²) < 4.78 is 0. The van der Waals surface area contributed by atoms with Gasteiger partial charge in [0.15, 0.2) is 5.13 Å². The van der Waals surface area contributed by atoms with Crippen LogP contribution in [0.4, 0.5) is 5.13 Å². The predicted molar refractivity (Wildman–Crippen MR) is 127 cm³/mol. The number of anilines is 1. The van der Waals surface area contributed by atoms with Gasteiger partial charge in [-0.25, -0.2) is 9.78 Å². The Hall–Kier alpha value is -2.97. The summed E-state index contributed by atoms with van der Waals surface area (Å²) in [7, 11) is 1.31. The molecule has 0 atom stereocenters. The fourth-order valence-electron chi connectivity index (χ4n) is 3.67. The van der Waals surface area contributed by atoms with Crippen molar-refractivity contribution in [3.05, 3.63) is 119 Å². The summed E-state index contributed by atoms with van der Waals surface area (Å²) in [5.41, 5.74) is 2.31. The first-order valence-electron chi connectivity index (χ1n) is 9.90. The van der Waals surface area contributed by atoms with E-state index in [2.05, 4.69) is 56.7 Å². The zero-order valence-corrected chi connectivity index (χ0v) is 21.1. The molecule has 0 saturated carbocycles. The van der Waals surface area contributed by atoms with Gasteiger partial charge in [-0.3, -0.25) is 0 Å². The number of benzene rings is 3. The Labute approximate surface area is 219 Å². The minimum Gasteiger partial charge on any atom is -1.00 e. The molecule has 0 aliphatic heterocycles. The maximum absolute atomic E-state index is 11.6. The Morgan fingerprint density at radius 1 is 0.939 bits per heavy atom. The normalized spacial score (nSPS) is 11.4. The van der Waals surface area contributed by atoms with Crippen molar-refractivity contribution in [2.45, 2.75) is 5.54 Å². The molecule has 4 rings (SSSR count). The summed E-state index contributed by atoms with van der Waals surface area (Å²) >= 11 is 1.31. The van der Waals surface area contributed by atoms with Crippen molar-refractivity contribution in [2.24, 2.45) is 5.16 Å². The second kappa shape index (κ2) is 11.2. The van der Waals surface area contributed by atoms with Crippen LogP contribution in [0.1, 0.15) is 23.8 Å². The van der Waals surface area contributed by atoms with Crippen LogP contribution < -0.4 is 34.9 Å². The molecule has 8 heteroatoms. The van der Waals surface area contributed by atoms with E-state index in [0.29, 0.717) is 5.13 Å². The Morgan fingerprint density at radius 2 is 1.39 bits per heavy atom. The van der Waals surface area contributed by atoms with E-state index in [-0.39, 0.29) is 42.4 Å². The zero-order chi connectivity index (χ0) is 22.4. The van der Waals surface area contributed by atoms with Crippen LogP contribution in [0.5, 0.6) is 0 Å². The third kappa shape index (κ3) is 5.17.